The summed E-state index contributed by atoms with van der Waals surface area (Å²) >= 11 is 2.58. The zero-order valence-corrected chi connectivity index (χ0v) is 51.7. The number of ketones is 3. The largest absolute Gasteiger partial charge is 0.435 e. The molecule has 85 heavy (non-hydrogen) atoms. The predicted octanol–water partition coefficient (Wildman–Crippen LogP) is 12.9. The highest BCUT2D eigenvalue weighted by molar-refractivity contribution is 7.87. The van der Waals surface area contributed by atoms with Crippen molar-refractivity contribution in [1.82, 2.24) is 15.0 Å². The van der Waals surface area contributed by atoms with E-state index in [1.54, 1.807) is 82.3 Å². The number of carbonyl (C=O) groups excluding carboxylic acids is 3. The summed E-state index contributed by atoms with van der Waals surface area (Å²) in [5, 5.41) is 14.0. The van der Waals surface area contributed by atoms with Crippen LogP contribution in [0.2, 0.25) is 0 Å². The second kappa shape index (κ2) is 27.4. The van der Waals surface area contributed by atoms with Gasteiger partial charge >= 0.3 is 30.4 Å². The number of fused-ring (bicyclic) bond motifs is 5. The molecular weight excluding hydrogens is 1190 g/mol. The Kier molecular flexibility index (Phi) is 20.4. The Morgan fingerprint density at radius 3 is 1.86 bits per heavy atom. The SMILES string of the molecule is CCCCS(=O)(=O)O/N=C(\C(=O)C(C)CC)c1nc2ccccc2s1.Cc1ccc(S(=O)(=O)O/N=C(\C(=O)C(C)(C)C)c2nc3ccc4ccccc4c3s2)cc1.O=C(/C(=N\OS(=O)(=O)c1ccccc1)c1nc2ccccc2o1)C1CCCC1. The molecule has 1 saturated carbocycles. The number of unbranched alkanes of at least 4 members (excludes halogenated alkanes) is 1. The van der Waals surface area contributed by atoms with E-state index in [2.05, 4.69) is 30.4 Å². The Morgan fingerprint density at radius 2 is 1.21 bits per heavy atom. The van der Waals surface area contributed by atoms with Gasteiger partial charge in [-0.3, -0.25) is 27.2 Å². The summed E-state index contributed by atoms with van der Waals surface area (Å²) in [5.41, 5.74) is 2.23. The van der Waals surface area contributed by atoms with E-state index in [0.717, 1.165) is 63.4 Å². The molecule has 0 amide bonds. The van der Waals surface area contributed by atoms with Gasteiger partial charge in [0.25, 0.3) is 5.89 Å². The summed E-state index contributed by atoms with van der Waals surface area (Å²) in [6.07, 6.45) is 5.16. The molecule has 6 aromatic carbocycles. The Morgan fingerprint density at radius 1 is 0.635 bits per heavy atom. The van der Waals surface area contributed by atoms with Crippen LogP contribution in [0.15, 0.2) is 169 Å². The van der Waals surface area contributed by atoms with E-state index < -0.39 is 35.8 Å². The van der Waals surface area contributed by atoms with Crippen LogP contribution in [-0.2, 0) is 57.6 Å². The summed E-state index contributed by atoms with van der Waals surface area (Å²) in [4.78, 5) is 52.0. The number of aryl methyl sites for hydroxylation is 1. The highest BCUT2D eigenvalue weighted by Crippen LogP contribution is 2.33. The van der Waals surface area contributed by atoms with Gasteiger partial charge in [-0.25, -0.2) is 15.0 Å². The van der Waals surface area contributed by atoms with E-state index in [1.807, 2.05) is 81.4 Å². The number of nitrogens with zero attached hydrogens (tertiary/aromatic N) is 6. The molecule has 19 nitrogen and oxygen atoms in total. The molecule has 1 aliphatic rings. The molecular formula is C61H62N6O13S5. The fourth-order valence-electron chi connectivity index (χ4n) is 8.42. The average Bonchev–Trinajstić information content (AvgIpc) is 3.13. The van der Waals surface area contributed by atoms with Gasteiger partial charge in [0, 0.05) is 22.6 Å². The number of carbonyl (C=O) groups is 3. The molecule has 0 bridgehead atoms. The van der Waals surface area contributed by atoms with E-state index in [1.165, 1.54) is 46.9 Å². The molecule has 1 atom stereocenters. The molecule has 0 radical (unpaired) electrons. The minimum absolute atomic E-state index is 0.0318. The van der Waals surface area contributed by atoms with Gasteiger partial charge in [-0.2, -0.15) is 25.3 Å². The van der Waals surface area contributed by atoms with Gasteiger partial charge < -0.3 is 4.42 Å². The summed E-state index contributed by atoms with van der Waals surface area (Å²) in [5.74, 6) is -1.65. The first-order valence-electron chi connectivity index (χ1n) is 27.3. The first-order chi connectivity index (χ1) is 40.5. The van der Waals surface area contributed by atoms with Crippen molar-refractivity contribution in [2.24, 2.45) is 32.7 Å². The van der Waals surface area contributed by atoms with Crippen molar-refractivity contribution < 1.29 is 56.9 Å². The molecule has 1 unspecified atom stereocenters. The Hall–Kier alpha value is -7.90. The normalized spacial score (nSPS) is 14.1. The highest BCUT2D eigenvalue weighted by Gasteiger charge is 2.34. The van der Waals surface area contributed by atoms with Crippen LogP contribution in [0.3, 0.4) is 0 Å². The van der Waals surface area contributed by atoms with Gasteiger partial charge in [0.05, 0.1) is 26.2 Å². The van der Waals surface area contributed by atoms with E-state index in [4.69, 9.17) is 17.3 Å². The Labute approximate surface area is 501 Å². The number of Topliss-reactive ketones (excluding diaryl/α,β-unsaturated/α-hetero) is 3. The molecule has 0 spiro atoms. The van der Waals surface area contributed by atoms with Gasteiger partial charge in [-0.05, 0) is 92.6 Å². The van der Waals surface area contributed by atoms with Gasteiger partial charge in [0.2, 0.25) is 5.71 Å². The molecule has 9 aromatic rings. The van der Waals surface area contributed by atoms with E-state index >= 15 is 0 Å². The third-order valence-corrected chi connectivity index (χ3v) is 18.9. The molecule has 444 valence electrons. The summed E-state index contributed by atoms with van der Waals surface area (Å²) in [6.45, 7) is 12.6. The molecule has 10 rings (SSSR count). The fourth-order valence-corrected chi connectivity index (χ4v) is 12.8. The Balaban J connectivity index is 0.000000167. The Bertz CT molecular complexity index is 4270. The van der Waals surface area contributed by atoms with Crippen LogP contribution in [0.25, 0.3) is 42.3 Å². The molecule has 0 N–H and O–H groups in total. The van der Waals surface area contributed by atoms with Crippen molar-refractivity contribution in [2.45, 2.75) is 103 Å². The molecule has 3 aromatic heterocycles. The van der Waals surface area contributed by atoms with Crippen LogP contribution in [0.4, 0.5) is 0 Å². The molecule has 3 heterocycles. The van der Waals surface area contributed by atoms with Crippen LogP contribution in [-0.4, -0.2) is 80.4 Å². The standard InChI is InChI=1S/C24H22N2O4S2.C20H18N2O5S.C17H22N2O4S2/c1-15-9-12-17(13-10-15)32(28,29)30-26-20(22(27)24(2,3)4)23-25-19-14-11-16-7-5-6-8-18(16)21(19)31-23;23-19(14-8-4-5-9-14)18(20-21-16-12-6-7-13-17(16)26-20)22-27-28(24,25)15-10-2-1-3-11-15;1-4-6-11-25(21,22)23-19-15(16(20)12(3)5-2)17-18-13-9-7-8-10-14(13)24-17/h5-14H,1-4H3;1-3,6-7,10-14H,4-5,8-9H2;7-10,12H,4-6,11H2,1-3H3/b26-20+;22-18+;19-15+. The zero-order valence-electron chi connectivity index (χ0n) is 47.6. The number of para-hydroxylation sites is 3. The van der Waals surface area contributed by atoms with Crippen molar-refractivity contribution in [3.63, 3.8) is 0 Å². The van der Waals surface area contributed by atoms with E-state index in [0.29, 0.717) is 39.5 Å². The lowest BCUT2D eigenvalue weighted by Gasteiger charge is -2.16. The van der Waals surface area contributed by atoms with Crippen LogP contribution < -0.4 is 0 Å². The molecule has 1 fully saturated rings. The number of aromatic nitrogens is 3. The number of hydrogen-bond acceptors (Lipinski definition) is 21. The van der Waals surface area contributed by atoms with Crippen molar-refractivity contribution in [3.05, 3.63) is 161 Å². The number of hydrogen-bond donors (Lipinski definition) is 0. The van der Waals surface area contributed by atoms with Crippen molar-refractivity contribution in [1.29, 1.82) is 0 Å². The molecule has 1 aliphatic carbocycles. The highest BCUT2D eigenvalue weighted by atomic mass is 32.2. The summed E-state index contributed by atoms with van der Waals surface area (Å²) in [6, 6.07) is 40.0. The molecule has 24 heteroatoms. The third-order valence-electron chi connectivity index (χ3n) is 13.4. The minimum atomic E-state index is -4.19. The average molecular weight is 1250 g/mol. The lowest BCUT2D eigenvalue weighted by atomic mass is 9.88. The first kappa shape index (κ1) is 63.1. The lowest BCUT2D eigenvalue weighted by Crippen LogP contribution is -2.29. The van der Waals surface area contributed by atoms with Crippen LogP contribution >= 0.6 is 22.7 Å². The lowest BCUT2D eigenvalue weighted by molar-refractivity contribution is -0.119. The maximum absolute atomic E-state index is 13.2. The summed E-state index contributed by atoms with van der Waals surface area (Å²) in [7, 11) is -12.2. The van der Waals surface area contributed by atoms with Crippen molar-refractivity contribution in [3.8, 4) is 0 Å². The number of rotatable bonds is 20. The van der Waals surface area contributed by atoms with Gasteiger partial charge in [-0.15, -0.1) is 22.7 Å². The number of oxazole rings is 1. The minimum Gasteiger partial charge on any atom is -0.435 e. The molecule has 0 saturated heterocycles. The van der Waals surface area contributed by atoms with E-state index in [-0.39, 0.29) is 67.8 Å². The van der Waals surface area contributed by atoms with Crippen LogP contribution in [0.5, 0.6) is 0 Å². The second-order valence-corrected chi connectivity index (χ2v) is 27.7. The quantitative estimate of drug-likeness (QED) is 0.0507. The first-order valence-corrected chi connectivity index (χ1v) is 33.3. The second-order valence-electron chi connectivity index (χ2n) is 20.9. The monoisotopic (exact) mass is 1250 g/mol. The third kappa shape index (κ3) is 15.9. The van der Waals surface area contributed by atoms with Crippen molar-refractivity contribution in [2.75, 3.05) is 5.75 Å². The maximum Gasteiger partial charge on any atom is 0.358 e. The molecule has 0 aliphatic heterocycles. The zero-order chi connectivity index (χ0) is 61.1. The van der Waals surface area contributed by atoms with Gasteiger partial charge in [0.15, 0.2) is 34.4 Å². The van der Waals surface area contributed by atoms with Crippen LogP contribution in [0, 0.1) is 24.2 Å². The number of benzene rings is 6. The van der Waals surface area contributed by atoms with Crippen molar-refractivity contribution >= 4 is 130 Å². The summed E-state index contributed by atoms with van der Waals surface area (Å²) < 4.78 is 95.9. The topological polar surface area (TPSA) is 270 Å². The van der Waals surface area contributed by atoms with Crippen LogP contribution in [0.1, 0.15) is 108 Å². The predicted molar refractivity (Wildman–Crippen MR) is 330 cm³/mol. The van der Waals surface area contributed by atoms with Gasteiger partial charge in [0.1, 0.15) is 25.3 Å². The fraction of sp³-hybridized carbons (Fsp3) is 0.295. The maximum atomic E-state index is 13.2. The smallest absolute Gasteiger partial charge is 0.358 e. The van der Waals surface area contributed by atoms with E-state index in [9.17, 15) is 39.6 Å². The number of thiazole rings is 2. The van der Waals surface area contributed by atoms with Gasteiger partial charge in [-0.1, -0.05) is 167 Å². The number of oxime groups is 3.